The average Bonchev–Trinajstić information content (AvgIpc) is 3.17. The molecule has 0 radical (unpaired) electrons. The largest absolute Gasteiger partial charge is 0.489 e. The number of hydrogen-bond acceptors (Lipinski definition) is 5. The van der Waals surface area contributed by atoms with Gasteiger partial charge >= 0.3 is 6.09 Å². The smallest absolute Gasteiger partial charge is 0.410 e. The zero-order chi connectivity index (χ0) is 23.3. The Balaban J connectivity index is 1.52. The first-order chi connectivity index (χ1) is 15.1. The summed E-state index contributed by atoms with van der Waals surface area (Å²) in [5, 5.41) is 2.74. The number of thioether (sulfide) groups is 1. The van der Waals surface area contributed by atoms with Gasteiger partial charge in [-0.15, -0.1) is 0 Å². The van der Waals surface area contributed by atoms with Gasteiger partial charge in [0.2, 0.25) is 0 Å². The summed E-state index contributed by atoms with van der Waals surface area (Å²) in [4.78, 5) is 26.5. The van der Waals surface area contributed by atoms with Crippen LogP contribution in [0.5, 0.6) is 5.75 Å². The molecule has 0 spiro atoms. The number of halogens is 2. The number of carbonyl (C=O) groups is 2. The van der Waals surface area contributed by atoms with E-state index in [1.54, 1.807) is 41.3 Å². The molecule has 6 nitrogen and oxygen atoms in total. The van der Waals surface area contributed by atoms with Crippen molar-refractivity contribution < 1.29 is 27.8 Å². The van der Waals surface area contributed by atoms with Crippen molar-refractivity contribution in [2.75, 3.05) is 18.4 Å². The van der Waals surface area contributed by atoms with Crippen LogP contribution in [0.2, 0.25) is 0 Å². The predicted molar refractivity (Wildman–Crippen MR) is 120 cm³/mol. The SMILES string of the molecule is CC(C)(C)OC(=O)N1CCC(Oc2ccc(NC(=O)c3cccc(SC(F)F)c3)cc2)C1. The molecule has 0 bridgehead atoms. The summed E-state index contributed by atoms with van der Waals surface area (Å²) in [7, 11) is 0. The molecule has 2 aromatic carbocycles. The second-order valence-corrected chi connectivity index (χ2v) is 9.40. The molecule has 3 rings (SSSR count). The molecule has 1 atom stereocenters. The number of amides is 2. The van der Waals surface area contributed by atoms with Crippen molar-refractivity contribution in [2.45, 2.75) is 49.6 Å². The van der Waals surface area contributed by atoms with Crippen LogP contribution in [-0.4, -0.2) is 47.5 Å². The number of likely N-dealkylation sites (tertiary alicyclic amines) is 1. The third-order valence-corrected chi connectivity index (χ3v) is 5.24. The highest BCUT2D eigenvalue weighted by atomic mass is 32.2. The van der Waals surface area contributed by atoms with Crippen molar-refractivity contribution in [3.63, 3.8) is 0 Å². The van der Waals surface area contributed by atoms with E-state index in [4.69, 9.17) is 9.47 Å². The zero-order valence-electron chi connectivity index (χ0n) is 18.1. The first kappa shape index (κ1) is 23.8. The summed E-state index contributed by atoms with van der Waals surface area (Å²) in [5.74, 6) is -2.31. The first-order valence-corrected chi connectivity index (χ1v) is 11.1. The monoisotopic (exact) mass is 464 g/mol. The van der Waals surface area contributed by atoms with Crippen LogP contribution in [0, 0.1) is 0 Å². The highest BCUT2D eigenvalue weighted by molar-refractivity contribution is 7.99. The average molecular weight is 465 g/mol. The number of anilines is 1. The van der Waals surface area contributed by atoms with Gasteiger partial charge in [0.25, 0.3) is 11.7 Å². The number of nitrogens with one attached hydrogen (secondary N) is 1. The van der Waals surface area contributed by atoms with Crippen LogP contribution in [0.3, 0.4) is 0 Å². The molecule has 2 aromatic rings. The van der Waals surface area contributed by atoms with Gasteiger partial charge in [0, 0.05) is 29.1 Å². The Labute approximate surface area is 190 Å². The Morgan fingerprint density at radius 1 is 1.16 bits per heavy atom. The lowest BCUT2D eigenvalue weighted by Gasteiger charge is -2.24. The number of hydrogen-bond donors (Lipinski definition) is 1. The molecule has 1 fully saturated rings. The van der Waals surface area contributed by atoms with Crippen molar-refractivity contribution in [3.8, 4) is 5.75 Å². The lowest BCUT2D eigenvalue weighted by molar-refractivity contribution is 0.0275. The standard InChI is InChI=1S/C23H26F2N2O4S/c1-23(2,3)31-22(29)27-12-11-18(14-27)30-17-9-7-16(8-10-17)26-20(28)15-5-4-6-19(13-15)32-21(24)25/h4-10,13,18,21H,11-12,14H2,1-3H3,(H,26,28). The van der Waals surface area contributed by atoms with Gasteiger partial charge in [-0.3, -0.25) is 4.79 Å². The van der Waals surface area contributed by atoms with Crippen molar-refractivity contribution in [3.05, 3.63) is 54.1 Å². The van der Waals surface area contributed by atoms with Gasteiger partial charge in [0.15, 0.2) is 0 Å². The van der Waals surface area contributed by atoms with E-state index >= 15 is 0 Å². The lowest BCUT2D eigenvalue weighted by atomic mass is 10.2. The second kappa shape index (κ2) is 10.2. The van der Waals surface area contributed by atoms with E-state index in [2.05, 4.69) is 5.32 Å². The van der Waals surface area contributed by atoms with Crippen LogP contribution in [0.4, 0.5) is 19.3 Å². The topological polar surface area (TPSA) is 67.9 Å². The van der Waals surface area contributed by atoms with Crippen LogP contribution in [0.15, 0.2) is 53.4 Å². The minimum atomic E-state index is -2.54. The van der Waals surface area contributed by atoms with Gasteiger partial charge in [-0.25, -0.2) is 4.79 Å². The third kappa shape index (κ3) is 7.12. The van der Waals surface area contributed by atoms with Crippen molar-refractivity contribution in [1.82, 2.24) is 4.90 Å². The van der Waals surface area contributed by atoms with Gasteiger partial charge in [-0.2, -0.15) is 8.78 Å². The first-order valence-electron chi connectivity index (χ1n) is 10.2. The van der Waals surface area contributed by atoms with Crippen LogP contribution < -0.4 is 10.1 Å². The van der Waals surface area contributed by atoms with Crippen LogP contribution in [0.25, 0.3) is 0 Å². The Morgan fingerprint density at radius 2 is 1.88 bits per heavy atom. The van der Waals surface area contributed by atoms with E-state index in [0.717, 1.165) is 0 Å². The summed E-state index contributed by atoms with van der Waals surface area (Å²) < 4.78 is 36.4. The van der Waals surface area contributed by atoms with Crippen LogP contribution in [-0.2, 0) is 4.74 Å². The van der Waals surface area contributed by atoms with Crippen molar-refractivity contribution in [2.24, 2.45) is 0 Å². The second-order valence-electron chi connectivity index (χ2n) is 8.34. The molecule has 1 heterocycles. The fraction of sp³-hybridized carbons (Fsp3) is 0.391. The summed E-state index contributed by atoms with van der Waals surface area (Å²) in [6, 6.07) is 13.0. The maximum absolute atomic E-state index is 12.5. The molecule has 0 aliphatic carbocycles. The van der Waals surface area contributed by atoms with Crippen LogP contribution in [0.1, 0.15) is 37.6 Å². The normalized spacial score (nSPS) is 16.2. The molecule has 1 saturated heterocycles. The molecule has 32 heavy (non-hydrogen) atoms. The lowest BCUT2D eigenvalue weighted by Crippen LogP contribution is -2.36. The highest BCUT2D eigenvalue weighted by Crippen LogP contribution is 2.26. The molecule has 172 valence electrons. The van der Waals surface area contributed by atoms with Gasteiger partial charge in [-0.1, -0.05) is 17.8 Å². The summed E-state index contributed by atoms with van der Waals surface area (Å²) in [6.45, 7) is 6.49. The minimum absolute atomic E-state index is 0.141. The Hall–Kier alpha value is -2.81. The Bertz CT molecular complexity index is 948. The molecule has 1 aliphatic rings. The molecular weight excluding hydrogens is 438 g/mol. The molecule has 9 heteroatoms. The predicted octanol–water partition coefficient (Wildman–Crippen LogP) is 5.64. The van der Waals surface area contributed by atoms with Gasteiger partial charge in [-0.05, 0) is 63.2 Å². The maximum Gasteiger partial charge on any atom is 0.410 e. The van der Waals surface area contributed by atoms with Crippen molar-refractivity contribution in [1.29, 1.82) is 0 Å². The summed E-state index contributed by atoms with van der Waals surface area (Å²) in [5.41, 5.74) is 0.305. The molecule has 1 unspecified atom stereocenters. The molecule has 0 aromatic heterocycles. The van der Waals surface area contributed by atoms with E-state index in [1.807, 2.05) is 20.8 Å². The summed E-state index contributed by atoms with van der Waals surface area (Å²) >= 11 is 0.395. The Kier molecular flexibility index (Phi) is 7.60. The van der Waals surface area contributed by atoms with E-state index < -0.39 is 11.4 Å². The van der Waals surface area contributed by atoms with Gasteiger partial charge < -0.3 is 19.7 Å². The summed E-state index contributed by atoms with van der Waals surface area (Å²) in [6.07, 6.45) is 0.209. The molecular formula is C23H26F2N2O4S. The zero-order valence-corrected chi connectivity index (χ0v) is 19.0. The number of ether oxygens (including phenoxy) is 2. The highest BCUT2D eigenvalue weighted by Gasteiger charge is 2.30. The molecule has 1 aliphatic heterocycles. The molecule has 1 N–H and O–H groups in total. The quantitative estimate of drug-likeness (QED) is 0.560. The minimum Gasteiger partial charge on any atom is -0.489 e. The number of carbonyl (C=O) groups excluding carboxylic acids is 2. The molecule has 0 saturated carbocycles. The Morgan fingerprint density at radius 3 is 2.53 bits per heavy atom. The number of rotatable bonds is 6. The van der Waals surface area contributed by atoms with Gasteiger partial charge in [0.1, 0.15) is 17.5 Å². The van der Waals surface area contributed by atoms with E-state index in [9.17, 15) is 18.4 Å². The number of alkyl halides is 2. The molecule has 2 amide bonds. The van der Waals surface area contributed by atoms with E-state index in [1.165, 1.54) is 12.1 Å². The van der Waals surface area contributed by atoms with Gasteiger partial charge in [0.05, 0.1) is 6.54 Å². The third-order valence-electron chi connectivity index (χ3n) is 4.53. The number of benzene rings is 2. The number of nitrogens with zero attached hydrogens (tertiary/aromatic N) is 1. The maximum atomic E-state index is 12.5. The fourth-order valence-corrected chi connectivity index (χ4v) is 3.70. The van der Waals surface area contributed by atoms with E-state index in [-0.39, 0.29) is 18.1 Å². The van der Waals surface area contributed by atoms with E-state index in [0.29, 0.717) is 53.2 Å². The van der Waals surface area contributed by atoms with Crippen molar-refractivity contribution >= 4 is 29.4 Å². The fourth-order valence-electron chi connectivity index (χ4n) is 3.14. The van der Waals surface area contributed by atoms with Crippen LogP contribution >= 0.6 is 11.8 Å².